The van der Waals surface area contributed by atoms with Crippen LogP contribution in [0, 0.1) is 27.7 Å². The Morgan fingerprint density at radius 3 is 2.31 bits per heavy atom. The molecule has 0 aliphatic carbocycles. The molecule has 7 rings (SSSR count). The molecular weight excluding hydrogens is 709 g/mol. The number of amides is 1. The van der Waals surface area contributed by atoms with Crippen LogP contribution in [0.5, 0.6) is 5.75 Å². The molecule has 4 heterocycles. The molecule has 1 atom stereocenters. The molecule has 1 aliphatic rings. The number of rotatable bonds is 8. The summed E-state index contributed by atoms with van der Waals surface area (Å²) in [7, 11) is 3.68. The number of carboxylic acid groups (broad SMARTS) is 1. The van der Waals surface area contributed by atoms with Gasteiger partial charge >= 0.3 is 5.97 Å². The maximum Gasteiger partial charge on any atom is 0.337 e. The summed E-state index contributed by atoms with van der Waals surface area (Å²) in [4.78, 5) is 29.0. The van der Waals surface area contributed by atoms with Crippen LogP contribution < -0.4 is 9.64 Å². The third-order valence-corrected chi connectivity index (χ3v) is 11.4. The van der Waals surface area contributed by atoms with Gasteiger partial charge in [0, 0.05) is 65.5 Å². The highest BCUT2D eigenvalue weighted by molar-refractivity contribution is 6.38. The Labute approximate surface area is 310 Å². The molecule has 51 heavy (non-hydrogen) atoms. The number of aromatic nitrogens is 4. The van der Waals surface area contributed by atoms with Crippen LogP contribution in [0.2, 0.25) is 15.1 Å². The predicted octanol–water partition coefficient (Wildman–Crippen LogP) is 9.66. The lowest BCUT2D eigenvalue weighted by Gasteiger charge is -2.35. The third kappa shape index (κ3) is 5.57. The van der Waals surface area contributed by atoms with Gasteiger partial charge in [0.25, 0.3) is 5.91 Å². The maximum absolute atomic E-state index is 15.0. The lowest BCUT2D eigenvalue weighted by atomic mass is 9.98. The molecule has 1 aliphatic heterocycles. The van der Waals surface area contributed by atoms with Gasteiger partial charge in [-0.2, -0.15) is 5.10 Å². The van der Waals surface area contributed by atoms with Gasteiger partial charge in [0.15, 0.2) is 0 Å². The van der Waals surface area contributed by atoms with Crippen molar-refractivity contribution in [2.45, 2.75) is 53.5 Å². The van der Waals surface area contributed by atoms with Gasteiger partial charge in [-0.1, -0.05) is 40.9 Å². The van der Waals surface area contributed by atoms with Crippen LogP contribution in [0.1, 0.15) is 68.3 Å². The summed E-state index contributed by atoms with van der Waals surface area (Å²) in [5.74, 6) is -0.523. The summed E-state index contributed by atoms with van der Waals surface area (Å²) in [5, 5.41) is 17.6. The minimum atomic E-state index is -1.09. The van der Waals surface area contributed by atoms with Gasteiger partial charge in [-0.3, -0.25) is 9.48 Å². The molecule has 1 N–H and O–H groups in total. The number of carboxylic acids is 1. The summed E-state index contributed by atoms with van der Waals surface area (Å²) < 4.78 is 11.9. The average Bonchev–Trinajstić information content (AvgIpc) is 3.69. The Bertz CT molecular complexity index is 2420. The number of benzene rings is 3. The molecular formula is C39H38Cl3N5O4. The molecule has 0 radical (unpaired) electrons. The minimum absolute atomic E-state index is 0.0826. The number of fused-ring (bicyclic) bond motifs is 4. The van der Waals surface area contributed by atoms with Gasteiger partial charge < -0.3 is 23.9 Å². The number of anilines is 1. The van der Waals surface area contributed by atoms with E-state index in [1.807, 2.05) is 63.7 Å². The molecule has 1 amide bonds. The number of carbonyl (C=O) groups is 2. The highest BCUT2D eigenvalue weighted by Crippen LogP contribution is 2.46. The van der Waals surface area contributed by atoms with Crippen molar-refractivity contribution in [1.29, 1.82) is 0 Å². The molecule has 1 unspecified atom stereocenters. The van der Waals surface area contributed by atoms with E-state index in [2.05, 4.69) is 11.5 Å². The normalized spacial score (nSPS) is 14.6. The fourth-order valence-corrected chi connectivity index (χ4v) is 8.42. The first-order chi connectivity index (χ1) is 24.2. The van der Waals surface area contributed by atoms with Gasteiger partial charge in [0.2, 0.25) is 0 Å². The van der Waals surface area contributed by atoms with E-state index in [-0.39, 0.29) is 17.5 Å². The molecule has 0 spiro atoms. The van der Waals surface area contributed by atoms with Gasteiger partial charge in [0.05, 0.1) is 44.6 Å². The van der Waals surface area contributed by atoms with E-state index in [1.165, 1.54) is 0 Å². The second-order valence-corrected chi connectivity index (χ2v) is 14.7. The molecule has 0 saturated carbocycles. The van der Waals surface area contributed by atoms with E-state index < -0.39 is 5.97 Å². The fraction of sp³-hybridized carbons (Fsp3) is 0.308. The first-order valence-corrected chi connectivity index (χ1v) is 17.9. The molecule has 9 nitrogen and oxygen atoms in total. The van der Waals surface area contributed by atoms with E-state index in [4.69, 9.17) is 44.6 Å². The van der Waals surface area contributed by atoms with Crippen molar-refractivity contribution in [1.82, 2.24) is 18.9 Å². The Hall–Kier alpha value is -4.44. The van der Waals surface area contributed by atoms with Crippen molar-refractivity contribution in [2.24, 2.45) is 14.1 Å². The first kappa shape index (κ1) is 35.0. The number of hydrogen-bond acceptors (Lipinski definition) is 4. The standard InChI is InChI=1S/C39H38Cl3N5O4/c1-19-15-24(16-20(2)34(19)42)51-14-8-9-25-26-10-11-29(41)33(31-22(4)43-45(7)23(31)5)35(26)47-21(3)17-46(38(48)36(25)47)30-13-12-28(40)32-27(39(49)50)18-44(6)37(30)32/h10-13,15-16,18,21H,8-9,14,17H2,1-7H3,(H,49,50). The van der Waals surface area contributed by atoms with E-state index >= 15 is 4.79 Å². The fourth-order valence-electron chi connectivity index (χ4n) is 7.81. The maximum atomic E-state index is 15.0. The highest BCUT2D eigenvalue weighted by atomic mass is 35.5. The van der Waals surface area contributed by atoms with Crippen LogP contribution in [0.15, 0.2) is 42.6 Å². The Kier molecular flexibility index (Phi) is 8.89. The Morgan fingerprint density at radius 1 is 0.980 bits per heavy atom. The van der Waals surface area contributed by atoms with Crippen LogP contribution >= 0.6 is 34.8 Å². The van der Waals surface area contributed by atoms with E-state index in [9.17, 15) is 9.90 Å². The smallest absolute Gasteiger partial charge is 0.337 e. The number of aromatic carboxylic acids is 1. The van der Waals surface area contributed by atoms with Gasteiger partial charge in [0.1, 0.15) is 11.4 Å². The van der Waals surface area contributed by atoms with Crippen LogP contribution in [0.25, 0.3) is 32.9 Å². The topological polar surface area (TPSA) is 94.5 Å². The number of nitrogens with zero attached hydrogens (tertiary/aromatic N) is 5. The monoisotopic (exact) mass is 745 g/mol. The second kappa shape index (κ2) is 13.0. The summed E-state index contributed by atoms with van der Waals surface area (Å²) >= 11 is 20.1. The van der Waals surface area contributed by atoms with Crippen LogP contribution in [0.3, 0.4) is 0 Å². The summed E-state index contributed by atoms with van der Waals surface area (Å²) in [5.41, 5.74) is 9.15. The predicted molar refractivity (Wildman–Crippen MR) is 205 cm³/mol. The number of aryl methyl sites for hydroxylation is 6. The van der Waals surface area contributed by atoms with Crippen molar-refractivity contribution >= 4 is 74.2 Å². The largest absolute Gasteiger partial charge is 0.494 e. The second-order valence-electron chi connectivity index (χ2n) is 13.5. The molecule has 3 aromatic carbocycles. The van der Waals surface area contributed by atoms with Gasteiger partial charge in [-0.25, -0.2) is 4.79 Å². The van der Waals surface area contributed by atoms with E-state index in [0.29, 0.717) is 58.3 Å². The van der Waals surface area contributed by atoms with Crippen LogP contribution in [0.4, 0.5) is 5.69 Å². The quantitative estimate of drug-likeness (QED) is 0.157. The van der Waals surface area contributed by atoms with Crippen LogP contribution in [-0.4, -0.2) is 49.0 Å². The summed E-state index contributed by atoms with van der Waals surface area (Å²) in [6.45, 7) is 10.8. The first-order valence-electron chi connectivity index (χ1n) is 16.8. The van der Waals surface area contributed by atoms with Crippen molar-refractivity contribution in [3.05, 3.63) is 97.0 Å². The average molecular weight is 747 g/mol. The zero-order valence-electron chi connectivity index (χ0n) is 29.5. The minimum Gasteiger partial charge on any atom is -0.494 e. The molecule has 264 valence electrons. The highest BCUT2D eigenvalue weighted by Gasteiger charge is 2.38. The van der Waals surface area contributed by atoms with E-state index in [0.717, 1.165) is 60.9 Å². The number of ether oxygens (including phenoxy) is 1. The lowest BCUT2D eigenvalue weighted by molar-refractivity contribution is 0.0698. The SMILES string of the molecule is Cc1cc(OCCCc2c3n(c4c(-c5c(C)nn(C)c5C)c(Cl)ccc24)C(C)CN(c2ccc(Cl)c4c(C(=O)O)cn(C)c24)C3=O)cc(C)c1Cl. The van der Waals surface area contributed by atoms with Crippen molar-refractivity contribution in [3.8, 4) is 16.9 Å². The number of carbonyl (C=O) groups excluding carboxylic acids is 1. The van der Waals surface area contributed by atoms with Crippen molar-refractivity contribution in [2.75, 3.05) is 18.1 Å². The molecule has 0 saturated heterocycles. The van der Waals surface area contributed by atoms with E-state index in [1.54, 1.807) is 34.8 Å². The molecule has 0 bridgehead atoms. The third-order valence-electron chi connectivity index (χ3n) is 10.1. The zero-order valence-corrected chi connectivity index (χ0v) is 31.8. The number of halogens is 3. The molecule has 0 fully saturated rings. The van der Waals surface area contributed by atoms with Crippen molar-refractivity contribution < 1.29 is 19.4 Å². The summed E-state index contributed by atoms with van der Waals surface area (Å²) in [6.07, 6.45) is 2.74. The molecule has 3 aromatic heterocycles. The zero-order chi connectivity index (χ0) is 36.6. The Morgan fingerprint density at radius 2 is 1.67 bits per heavy atom. The van der Waals surface area contributed by atoms with Gasteiger partial charge in [-0.15, -0.1) is 0 Å². The summed E-state index contributed by atoms with van der Waals surface area (Å²) in [6, 6.07) is 11.1. The van der Waals surface area contributed by atoms with Crippen molar-refractivity contribution in [3.63, 3.8) is 0 Å². The Balaban J connectivity index is 1.39. The van der Waals surface area contributed by atoms with Gasteiger partial charge in [-0.05, 0) is 94.5 Å². The van der Waals surface area contributed by atoms with Crippen LogP contribution in [-0.2, 0) is 20.5 Å². The molecule has 12 heteroatoms. The lowest BCUT2D eigenvalue weighted by Crippen LogP contribution is -2.43. The number of hydrogen-bond donors (Lipinski definition) is 1. The molecule has 6 aromatic rings.